The average Bonchev–Trinajstić information content (AvgIpc) is 2.67. The molecule has 0 aliphatic rings. The van der Waals surface area contributed by atoms with Crippen molar-refractivity contribution >= 4 is 5.97 Å². The number of carbonyl (C=O) groups is 1. The molecule has 0 amide bonds. The van der Waals surface area contributed by atoms with Gasteiger partial charge in [0.1, 0.15) is 5.75 Å². The first-order chi connectivity index (χ1) is 12.7. The lowest BCUT2D eigenvalue weighted by Crippen LogP contribution is -1.97. The fourth-order valence-corrected chi connectivity index (χ4v) is 2.79. The summed E-state index contributed by atoms with van der Waals surface area (Å²) in [5, 5.41) is 8.95. The second-order valence-corrected chi connectivity index (χ2v) is 6.37. The topological polar surface area (TPSA) is 55.8 Å². The number of benzene rings is 2. The molecule has 0 aliphatic heterocycles. The highest BCUT2D eigenvalue weighted by molar-refractivity contribution is 5.88. The molecule has 0 fully saturated rings. The van der Waals surface area contributed by atoms with Crippen molar-refractivity contribution in [2.45, 2.75) is 38.5 Å². The Kier molecular flexibility index (Phi) is 8.70. The fraction of sp³-hybridized carbons (Fsp3) is 0.409. The van der Waals surface area contributed by atoms with Crippen LogP contribution in [-0.2, 0) is 4.74 Å². The number of rotatable bonds is 12. The third-order valence-electron chi connectivity index (χ3n) is 4.33. The number of ether oxygens (including phenoxy) is 2. The van der Waals surface area contributed by atoms with Crippen LogP contribution in [0.2, 0.25) is 0 Å². The Morgan fingerprint density at radius 3 is 1.81 bits per heavy atom. The maximum Gasteiger partial charge on any atom is 0.335 e. The Labute approximate surface area is 155 Å². The molecule has 0 radical (unpaired) electrons. The summed E-state index contributed by atoms with van der Waals surface area (Å²) in [4.78, 5) is 10.9. The van der Waals surface area contributed by atoms with Crippen molar-refractivity contribution in [2.24, 2.45) is 0 Å². The molecule has 2 aromatic rings. The zero-order chi connectivity index (χ0) is 18.6. The molecule has 0 saturated carbocycles. The molecular formula is C22H28O4. The summed E-state index contributed by atoms with van der Waals surface area (Å²) in [6.45, 7) is 1.60. The minimum Gasteiger partial charge on any atom is -0.494 e. The van der Waals surface area contributed by atoms with Crippen LogP contribution in [0.15, 0.2) is 48.5 Å². The van der Waals surface area contributed by atoms with Crippen molar-refractivity contribution in [2.75, 3.05) is 20.3 Å². The Morgan fingerprint density at radius 1 is 0.769 bits per heavy atom. The molecule has 1 N–H and O–H groups in total. The molecule has 0 spiro atoms. The van der Waals surface area contributed by atoms with Crippen LogP contribution in [0, 0.1) is 0 Å². The van der Waals surface area contributed by atoms with Gasteiger partial charge in [0.25, 0.3) is 0 Å². The predicted octanol–water partition coefficient (Wildman–Crippen LogP) is 5.42. The van der Waals surface area contributed by atoms with Crippen LogP contribution in [0.4, 0.5) is 0 Å². The first kappa shape index (κ1) is 20.0. The second kappa shape index (κ2) is 11.3. The van der Waals surface area contributed by atoms with Crippen molar-refractivity contribution in [1.29, 1.82) is 0 Å². The average molecular weight is 356 g/mol. The largest absolute Gasteiger partial charge is 0.494 e. The van der Waals surface area contributed by atoms with Gasteiger partial charge in [-0.15, -0.1) is 0 Å². The predicted molar refractivity (Wildman–Crippen MR) is 104 cm³/mol. The van der Waals surface area contributed by atoms with Crippen molar-refractivity contribution < 1.29 is 19.4 Å². The number of hydrogen-bond acceptors (Lipinski definition) is 3. The Bertz CT molecular complexity index is 647. The Morgan fingerprint density at radius 2 is 1.27 bits per heavy atom. The SMILES string of the molecule is COCCCCCCCCOc1ccc(-c2ccc(C(=O)O)cc2)cc1. The van der Waals surface area contributed by atoms with Crippen LogP contribution >= 0.6 is 0 Å². The first-order valence-corrected chi connectivity index (χ1v) is 9.26. The number of carboxylic acid groups (broad SMARTS) is 1. The molecule has 0 unspecified atom stereocenters. The van der Waals surface area contributed by atoms with Gasteiger partial charge in [0.15, 0.2) is 0 Å². The van der Waals surface area contributed by atoms with Gasteiger partial charge in [0.05, 0.1) is 12.2 Å². The molecule has 2 rings (SSSR count). The van der Waals surface area contributed by atoms with E-state index in [0.717, 1.165) is 42.9 Å². The van der Waals surface area contributed by atoms with Gasteiger partial charge < -0.3 is 14.6 Å². The molecule has 0 bridgehead atoms. The van der Waals surface area contributed by atoms with E-state index in [2.05, 4.69) is 0 Å². The van der Waals surface area contributed by atoms with E-state index in [4.69, 9.17) is 14.6 Å². The van der Waals surface area contributed by atoms with E-state index >= 15 is 0 Å². The first-order valence-electron chi connectivity index (χ1n) is 9.26. The third-order valence-corrected chi connectivity index (χ3v) is 4.33. The highest BCUT2D eigenvalue weighted by atomic mass is 16.5. The van der Waals surface area contributed by atoms with E-state index in [9.17, 15) is 4.79 Å². The fourth-order valence-electron chi connectivity index (χ4n) is 2.79. The molecule has 2 aromatic carbocycles. The van der Waals surface area contributed by atoms with Gasteiger partial charge in [-0.05, 0) is 48.2 Å². The highest BCUT2D eigenvalue weighted by Crippen LogP contribution is 2.23. The van der Waals surface area contributed by atoms with Gasteiger partial charge in [-0.25, -0.2) is 4.79 Å². The highest BCUT2D eigenvalue weighted by Gasteiger charge is 2.03. The lowest BCUT2D eigenvalue weighted by Gasteiger charge is -2.08. The van der Waals surface area contributed by atoms with Gasteiger partial charge in [-0.2, -0.15) is 0 Å². The Balaban J connectivity index is 1.68. The molecular weight excluding hydrogens is 328 g/mol. The quantitative estimate of drug-likeness (QED) is 0.516. The molecule has 0 aromatic heterocycles. The van der Waals surface area contributed by atoms with E-state index in [1.54, 1.807) is 19.2 Å². The molecule has 140 valence electrons. The minimum atomic E-state index is -0.907. The van der Waals surface area contributed by atoms with E-state index < -0.39 is 5.97 Å². The summed E-state index contributed by atoms with van der Waals surface area (Å²) in [5.41, 5.74) is 2.34. The maximum atomic E-state index is 10.9. The molecule has 0 atom stereocenters. The molecule has 0 aliphatic carbocycles. The summed E-state index contributed by atoms with van der Waals surface area (Å²) in [5.74, 6) is -0.0359. The Hall–Kier alpha value is -2.33. The zero-order valence-electron chi connectivity index (χ0n) is 15.4. The van der Waals surface area contributed by atoms with E-state index in [0.29, 0.717) is 5.56 Å². The van der Waals surface area contributed by atoms with Gasteiger partial charge in [-0.1, -0.05) is 49.9 Å². The minimum absolute atomic E-state index is 0.299. The number of hydrogen-bond donors (Lipinski definition) is 1. The number of carboxylic acids is 1. The number of aromatic carboxylic acids is 1. The van der Waals surface area contributed by atoms with Crippen LogP contribution in [0.3, 0.4) is 0 Å². The molecule has 0 saturated heterocycles. The summed E-state index contributed by atoms with van der Waals surface area (Å²) in [6, 6.07) is 14.8. The number of methoxy groups -OCH3 is 1. The number of unbranched alkanes of at least 4 members (excludes halogenated alkanes) is 5. The lowest BCUT2D eigenvalue weighted by molar-refractivity contribution is 0.0697. The summed E-state index contributed by atoms with van der Waals surface area (Å²) in [7, 11) is 1.75. The normalized spacial score (nSPS) is 10.7. The second-order valence-electron chi connectivity index (χ2n) is 6.37. The summed E-state index contributed by atoms with van der Waals surface area (Å²) < 4.78 is 10.8. The van der Waals surface area contributed by atoms with Crippen molar-refractivity contribution in [3.63, 3.8) is 0 Å². The third kappa shape index (κ3) is 6.89. The summed E-state index contributed by atoms with van der Waals surface area (Å²) in [6.07, 6.45) is 7.17. The smallest absolute Gasteiger partial charge is 0.335 e. The van der Waals surface area contributed by atoms with Crippen molar-refractivity contribution in [1.82, 2.24) is 0 Å². The van der Waals surface area contributed by atoms with Gasteiger partial charge in [-0.3, -0.25) is 0 Å². The van der Waals surface area contributed by atoms with Crippen LogP contribution in [-0.4, -0.2) is 31.4 Å². The zero-order valence-corrected chi connectivity index (χ0v) is 15.4. The van der Waals surface area contributed by atoms with E-state index in [-0.39, 0.29) is 0 Å². The van der Waals surface area contributed by atoms with Gasteiger partial charge in [0, 0.05) is 13.7 Å². The van der Waals surface area contributed by atoms with E-state index in [1.807, 2.05) is 36.4 Å². The molecule has 0 heterocycles. The standard InChI is InChI=1S/C22H28O4/c1-25-16-6-4-2-3-5-7-17-26-21-14-12-19(13-15-21)18-8-10-20(11-9-18)22(23)24/h8-15H,2-7,16-17H2,1H3,(H,23,24). The molecule has 4 heteroatoms. The van der Waals surface area contributed by atoms with Gasteiger partial charge >= 0.3 is 5.97 Å². The monoisotopic (exact) mass is 356 g/mol. The van der Waals surface area contributed by atoms with Crippen LogP contribution in [0.1, 0.15) is 48.9 Å². The maximum absolute atomic E-state index is 10.9. The van der Waals surface area contributed by atoms with Crippen molar-refractivity contribution in [3.05, 3.63) is 54.1 Å². The van der Waals surface area contributed by atoms with Crippen LogP contribution < -0.4 is 4.74 Å². The van der Waals surface area contributed by atoms with Crippen molar-refractivity contribution in [3.8, 4) is 16.9 Å². The van der Waals surface area contributed by atoms with Crippen LogP contribution in [0.25, 0.3) is 11.1 Å². The lowest BCUT2D eigenvalue weighted by atomic mass is 10.0. The van der Waals surface area contributed by atoms with E-state index in [1.165, 1.54) is 25.7 Å². The molecule has 26 heavy (non-hydrogen) atoms. The molecule has 4 nitrogen and oxygen atoms in total. The summed E-state index contributed by atoms with van der Waals surface area (Å²) >= 11 is 0. The van der Waals surface area contributed by atoms with Gasteiger partial charge in [0.2, 0.25) is 0 Å². The van der Waals surface area contributed by atoms with Crippen LogP contribution in [0.5, 0.6) is 5.75 Å².